The minimum absolute atomic E-state index is 0.194. The van der Waals surface area contributed by atoms with E-state index in [0.717, 1.165) is 26.2 Å². The van der Waals surface area contributed by atoms with E-state index in [0.29, 0.717) is 11.4 Å². The van der Waals surface area contributed by atoms with Gasteiger partial charge in [0.25, 0.3) is 5.91 Å². The van der Waals surface area contributed by atoms with Gasteiger partial charge in [-0.3, -0.25) is 14.9 Å². The predicted molar refractivity (Wildman–Crippen MR) is 64.2 cm³/mol. The summed E-state index contributed by atoms with van der Waals surface area (Å²) in [6.07, 6.45) is 1.49. The molecule has 1 amide bonds. The van der Waals surface area contributed by atoms with E-state index in [9.17, 15) is 4.79 Å². The van der Waals surface area contributed by atoms with Crippen LogP contribution in [0.15, 0.2) is 6.20 Å². The fraction of sp³-hybridized carbons (Fsp3) is 0.600. The number of nitrogens with two attached hydrogens (primary N) is 1. The Hall–Kier alpha value is -1.60. The van der Waals surface area contributed by atoms with Crippen molar-refractivity contribution in [2.24, 2.45) is 7.05 Å². The van der Waals surface area contributed by atoms with Gasteiger partial charge in [0.05, 0.1) is 6.20 Å². The molecule has 2 heterocycles. The Kier molecular flexibility index (Phi) is 3.30. The number of carbonyl (C=O) groups is 1. The number of hydrazine groups is 1. The van der Waals surface area contributed by atoms with Crippen LogP contribution in [0.5, 0.6) is 0 Å². The minimum atomic E-state index is -0.194. The summed E-state index contributed by atoms with van der Waals surface area (Å²) >= 11 is 0. The SMILES string of the molecule is CN1CCN(NC(=O)c2cnn(C)c2N)CC1. The summed E-state index contributed by atoms with van der Waals surface area (Å²) in [5, 5.41) is 5.86. The lowest BCUT2D eigenvalue weighted by molar-refractivity contribution is 0.0663. The topological polar surface area (TPSA) is 79.4 Å². The summed E-state index contributed by atoms with van der Waals surface area (Å²) in [6, 6.07) is 0. The van der Waals surface area contributed by atoms with Crippen LogP contribution in [0, 0.1) is 0 Å². The number of piperazine rings is 1. The molecule has 1 aromatic heterocycles. The number of hydrogen-bond donors (Lipinski definition) is 2. The Morgan fingerprint density at radius 1 is 1.35 bits per heavy atom. The van der Waals surface area contributed by atoms with Gasteiger partial charge in [-0.1, -0.05) is 0 Å². The Morgan fingerprint density at radius 3 is 2.53 bits per heavy atom. The van der Waals surface area contributed by atoms with E-state index >= 15 is 0 Å². The molecular weight excluding hydrogens is 220 g/mol. The lowest BCUT2D eigenvalue weighted by Crippen LogP contribution is -2.52. The molecule has 1 fully saturated rings. The Labute approximate surface area is 100 Å². The molecule has 17 heavy (non-hydrogen) atoms. The fourth-order valence-corrected chi connectivity index (χ4v) is 1.74. The summed E-state index contributed by atoms with van der Waals surface area (Å²) < 4.78 is 1.49. The van der Waals surface area contributed by atoms with Crippen molar-refractivity contribution in [2.45, 2.75) is 0 Å². The van der Waals surface area contributed by atoms with Crippen LogP contribution in [-0.4, -0.2) is 58.8 Å². The summed E-state index contributed by atoms with van der Waals surface area (Å²) in [6.45, 7) is 3.54. The van der Waals surface area contributed by atoms with Gasteiger partial charge in [0.1, 0.15) is 11.4 Å². The van der Waals surface area contributed by atoms with Crippen LogP contribution in [-0.2, 0) is 7.05 Å². The Balaban J connectivity index is 1.95. The molecule has 3 N–H and O–H groups in total. The summed E-state index contributed by atoms with van der Waals surface area (Å²) in [5.74, 6) is 0.191. The number of hydrogen-bond acceptors (Lipinski definition) is 5. The van der Waals surface area contributed by atoms with Gasteiger partial charge in [-0.15, -0.1) is 0 Å². The van der Waals surface area contributed by atoms with Crippen LogP contribution in [0.4, 0.5) is 5.82 Å². The van der Waals surface area contributed by atoms with Crippen LogP contribution in [0.2, 0.25) is 0 Å². The average Bonchev–Trinajstić information content (AvgIpc) is 2.63. The van der Waals surface area contributed by atoms with Crippen LogP contribution >= 0.6 is 0 Å². The van der Waals surface area contributed by atoms with Gasteiger partial charge in [0, 0.05) is 33.2 Å². The molecule has 1 aliphatic rings. The first kappa shape index (κ1) is 11.9. The van der Waals surface area contributed by atoms with Crippen molar-refractivity contribution in [3.63, 3.8) is 0 Å². The van der Waals surface area contributed by atoms with E-state index in [4.69, 9.17) is 5.73 Å². The lowest BCUT2D eigenvalue weighted by Gasteiger charge is -2.32. The highest BCUT2D eigenvalue weighted by Gasteiger charge is 2.19. The number of nitrogens with one attached hydrogen (secondary N) is 1. The Bertz CT molecular complexity index is 407. The number of nitrogen functional groups attached to an aromatic ring is 1. The maximum Gasteiger partial charge on any atom is 0.270 e. The van der Waals surface area contributed by atoms with E-state index in [1.54, 1.807) is 7.05 Å². The molecule has 0 radical (unpaired) electrons. The third-order valence-electron chi connectivity index (χ3n) is 2.99. The van der Waals surface area contributed by atoms with Gasteiger partial charge in [-0.05, 0) is 7.05 Å². The predicted octanol–water partition coefficient (Wildman–Crippen LogP) is -1.11. The van der Waals surface area contributed by atoms with Crippen molar-refractivity contribution in [1.29, 1.82) is 0 Å². The zero-order valence-electron chi connectivity index (χ0n) is 10.2. The normalized spacial score (nSPS) is 18.2. The van der Waals surface area contributed by atoms with Crippen molar-refractivity contribution in [3.05, 3.63) is 11.8 Å². The van der Waals surface area contributed by atoms with Gasteiger partial charge in [0.15, 0.2) is 0 Å². The van der Waals surface area contributed by atoms with E-state index in [1.807, 2.05) is 5.01 Å². The molecule has 1 saturated heterocycles. The minimum Gasteiger partial charge on any atom is -0.383 e. The van der Waals surface area contributed by atoms with Crippen molar-refractivity contribution >= 4 is 11.7 Å². The molecule has 0 atom stereocenters. The van der Waals surface area contributed by atoms with Gasteiger partial charge >= 0.3 is 0 Å². The van der Waals surface area contributed by atoms with Gasteiger partial charge in [0.2, 0.25) is 0 Å². The molecule has 1 aromatic rings. The van der Waals surface area contributed by atoms with Crippen molar-refractivity contribution in [1.82, 2.24) is 25.1 Å². The third-order valence-corrected chi connectivity index (χ3v) is 2.99. The molecule has 7 nitrogen and oxygen atoms in total. The first-order valence-corrected chi connectivity index (χ1v) is 5.60. The summed E-state index contributed by atoms with van der Waals surface area (Å²) in [7, 11) is 3.78. The van der Waals surface area contributed by atoms with Crippen LogP contribution < -0.4 is 11.2 Å². The molecular formula is C10H18N6O. The number of aromatic nitrogens is 2. The van der Waals surface area contributed by atoms with Crippen molar-refractivity contribution in [2.75, 3.05) is 39.0 Å². The van der Waals surface area contributed by atoms with Gasteiger partial charge in [-0.25, -0.2) is 5.01 Å². The highest BCUT2D eigenvalue weighted by Crippen LogP contribution is 2.09. The van der Waals surface area contributed by atoms with E-state index in [2.05, 4.69) is 22.5 Å². The number of aryl methyl sites for hydroxylation is 1. The lowest BCUT2D eigenvalue weighted by atomic mass is 10.3. The molecule has 0 spiro atoms. The first-order valence-electron chi connectivity index (χ1n) is 5.60. The number of likely N-dealkylation sites (N-methyl/N-ethyl adjacent to an activating group) is 1. The van der Waals surface area contributed by atoms with Crippen LogP contribution in [0.3, 0.4) is 0 Å². The van der Waals surface area contributed by atoms with E-state index in [1.165, 1.54) is 10.9 Å². The fourth-order valence-electron chi connectivity index (χ4n) is 1.74. The molecule has 0 aliphatic carbocycles. The van der Waals surface area contributed by atoms with Crippen LogP contribution in [0.25, 0.3) is 0 Å². The van der Waals surface area contributed by atoms with E-state index < -0.39 is 0 Å². The Morgan fingerprint density at radius 2 is 2.00 bits per heavy atom. The van der Waals surface area contributed by atoms with Gasteiger partial charge in [-0.2, -0.15) is 5.10 Å². The molecule has 2 rings (SSSR count). The monoisotopic (exact) mass is 238 g/mol. The average molecular weight is 238 g/mol. The van der Waals surface area contributed by atoms with Crippen LogP contribution in [0.1, 0.15) is 10.4 Å². The first-order chi connectivity index (χ1) is 8.08. The molecule has 1 aliphatic heterocycles. The molecule has 94 valence electrons. The largest absolute Gasteiger partial charge is 0.383 e. The zero-order chi connectivity index (χ0) is 12.4. The number of carbonyl (C=O) groups excluding carboxylic acids is 1. The highest BCUT2D eigenvalue weighted by atomic mass is 16.2. The maximum absolute atomic E-state index is 11.9. The molecule has 0 aromatic carbocycles. The second kappa shape index (κ2) is 4.72. The molecule has 0 saturated carbocycles. The quantitative estimate of drug-likeness (QED) is 0.683. The number of nitrogens with zero attached hydrogens (tertiary/aromatic N) is 4. The van der Waals surface area contributed by atoms with Gasteiger partial charge < -0.3 is 10.6 Å². The molecule has 0 bridgehead atoms. The zero-order valence-corrected chi connectivity index (χ0v) is 10.2. The second-order valence-corrected chi connectivity index (χ2v) is 4.30. The molecule has 7 heteroatoms. The van der Waals surface area contributed by atoms with Crippen molar-refractivity contribution < 1.29 is 4.79 Å². The maximum atomic E-state index is 11.9. The standard InChI is InChI=1S/C10H18N6O/c1-14-3-5-16(6-4-14)13-10(17)8-7-12-15(2)9(8)11/h7H,3-6,11H2,1-2H3,(H,13,17). The second-order valence-electron chi connectivity index (χ2n) is 4.30. The van der Waals surface area contributed by atoms with E-state index in [-0.39, 0.29) is 5.91 Å². The summed E-state index contributed by atoms with van der Waals surface area (Å²) in [4.78, 5) is 14.2. The molecule has 0 unspecified atom stereocenters. The number of anilines is 1. The van der Waals surface area contributed by atoms with Crippen molar-refractivity contribution in [3.8, 4) is 0 Å². The smallest absolute Gasteiger partial charge is 0.270 e. The number of rotatable bonds is 2. The third kappa shape index (κ3) is 2.56. The highest BCUT2D eigenvalue weighted by molar-refractivity contribution is 5.97. The summed E-state index contributed by atoms with van der Waals surface area (Å²) in [5.41, 5.74) is 9.01. The number of amides is 1.